The van der Waals surface area contributed by atoms with E-state index in [0.717, 1.165) is 44.5 Å². The van der Waals surface area contributed by atoms with Gasteiger partial charge in [-0.2, -0.15) is 0 Å². The number of carbonyl (C=O) groups excluding carboxylic acids is 1. The highest BCUT2D eigenvalue weighted by atomic mass is 16.1. The lowest BCUT2D eigenvalue weighted by Gasteiger charge is -2.20. The van der Waals surface area contributed by atoms with Crippen molar-refractivity contribution in [3.63, 3.8) is 0 Å². The summed E-state index contributed by atoms with van der Waals surface area (Å²) in [5.74, 6) is 0.787. The minimum Gasteiger partial charge on any atom is -0.352 e. The van der Waals surface area contributed by atoms with Crippen LogP contribution in [0.25, 0.3) is 0 Å². The van der Waals surface area contributed by atoms with Crippen molar-refractivity contribution in [1.29, 1.82) is 0 Å². The zero-order valence-corrected chi connectivity index (χ0v) is 12.0. The first kappa shape index (κ1) is 14.1. The van der Waals surface area contributed by atoms with E-state index in [1.54, 1.807) is 0 Å². The van der Waals surface area contributed by atoms with Crippen LogP contribution in [-0.2, 0) is 13.0 Å². The maximum atomic E-state index is 12.2. The third-order valence-electron chi connectivity index (χ3n) is 3.63. The van der Waals surface area contributed by atoms with E-state index < -0.39 is 0 Å². The molecule has 1 aromatic rings. The molecule has 0 aliphatic carbocycles. The topological polar surface area (TPSA) is 41.1 Å². The Morgan fingerprint density at radius 3 is 3.05 bits per heavy atom. The van der Waals surface area contributed by atoms with E-state index in [1.807, 2.05) is 12.1 Å². The van der Waals surface area contributed by atoms with Crippen molar-refractivity contribution in [1.82, 2.24) is 10.6 Å². The van der Waals surface area contributed by atoms with Gasteiger partial charge < -0.3 is 10.6 Å². The summed E-state index contributed by atoms with van der Waals surface area (Å²) in [5.41, 5.74) is 3.35. The van der Waals surface area contributed by atoms with Gasteiger partial charge in [0.25, 0.3) is 5.91 Å². The number of amides is 1. The van der Waals surface area contributed by atoms with Gasteiger partial charge in [-0.15, -0.1) is 0 Å². The van der Waals surface area contributed by atoms with Crippen molar-refractivity contribution in [3.8, 4) is 0 Å². The van der Waals surface area contributed by atoms with Gasteiger partial charge in [0.1, 0.15) is 0 Å². The van der Waals surface area contributed by atoms with Crippen LogP contribution in [0.1, 0.15) is 48.2 Å². The molecule has 1 aliphatic heterocycles. The summed E-state index contributed by atoms with van der Waals surface area (Å²) in [4.78, 5) is 12.2. The Morgan fingerprint density at radius 1 is 1.42 bits per heavy atom. The van der Waals surface area contributed by atoms with E-state index in [0.29, 0.717) is 5.92 Å². The highest BCUT2D eigenvalue weighted by molar-refractivity contribution is 5.96. The number of benzene rings is 1. The van der Waals surface area contributed by atoms with Crippen LogP contribution in [0.4, 0.5) is 0 Å². The van der Waals surface area contributed by atoms with Crippen molar-refractivity contribution in [3.05, 3.63) is 34.9 Å². The summed E-state index contributed by atoms with van der Waals surface area (Å²) >= 11 is 0. The fourth-order valence-electron chi connectivity index (χ4n) is 2.55. The molecule has 0 bridgehead atoms. The molecule has 1 aliphatic rings. The predicted molar refractivity (Wildman–Crippen MR) is 78.3 cm³/mol. The van der Waals surface area contributed by atoms with Crippen LogP contribution in [0.5, 0.6) is 0 Å². The van der Waals surface area contributed by atoms with E-state index in [-0.39, 0.29) is 5.91 Å². The van der Waals surface area contributed by atoms with Crippen LogP contribution in [0.2, 0.25) is 0 Å². The molecule has 19 heavy (non-hydrogen) atoms. The lowest BCUT2D eigenvalue weighted by molar-refractivity contribution is 0.0951. The number of fused-ring (bicyclic) bond motifs is 1. The molecule has 0 saturated heterocycles. The molecule has 0 unspecified atom stereocenters. The third kappa shape index (κ3) is 3.80. The molecule has 0 radical (unpaired) electrons. The molecule has 0 atom stereocenters. The number of nitrogens with one attached hydrogen (secondary N) is 2. The summed E-state index contributed by atoms with van der Waals surface area (Å²) in [6, 6.07) is 6.04. The van der Waals surface area contributed by atoms with Crippen molar-refractivity contribution in [2.24, 2.45) is 5.92 Å². The zero-order valence-electron chi connectivity index (χ0n) is 12.0. The maximum absolute atomic E-state index is 12.2. The van der Waals surface area contributed by atoms with Gasteiger partial charge in [-0.25, -0.2) is 0 Å². The minimum absolute atomic E-state index is 0.0857. The number of rotatable bonds is 5. The Kier molecular flexibility index (Phi) is 4.97. The van der Waals surface area contributed by atoms with E-state index in [9.17, 15) is 4.79 Å². The number of carbonyl (C=O) groups is 1. The Balaban J connectivity index is 1.95. The van der Waals surface area contributed by atoms with Gasteiger partial charge in [0, 0.05) is 18.7 Å². The van der Waals surface area contributed by atoms with Crippen LogP contribution < -0.4 is 10.6 Å². The molecular weight excluding hydrogens is 236 g/mol. The Morgan fingerprint density at radius 2 is 2.26 bits per heavy atom. The summed E-state index contributed by atoms with van der Waals surface area (Å²) in [5, 5.41) is 6.39. The maximum Gasteiger partial charge on any atom is 0.251 e. The Bertz CT molecular complexity index is 440. The quantitative estimate of drug-likeness (QED) is 0.799. The molecule has 2 N–H and O–H groups in total. The van der Waals surface area contributed by atoms with E-state index in [2.05, 4.69) is 30.5 Å². The first-order valence-corrected chi connectivity index (χ1v) is 7.28. The van der Waals surface area contributed by atoms with Gasteiger partial charge in [0.2, 0.25) is 0 Å². The van der Waals surface area contributed by atoms with Crippen LogP contribution in [-0.4, -0.2) is 19.0 Å². The fraction of sp³-hybridized carbons (Fsp3) is 0.562. The van der Waals surface area contributed by atoms with Gasteiger partial charge >= 0.3 is 0 Å². The average molecular weight is 260 g/mol. The molecule has 1 heterocycles. The second-order valence-corrected chi connectivity index (χ2v) is 5.66. The molecule has 0 fully saturated rings. The van der Waals surface area contributed by atoms with Gasteiger partial charge in [-0.3, -0.25) is 4.79 Å². The first-order valence-electron chi connectivity index (χ1n) is 7.28. The molecular formula is C16H24N2O. The highest BCUT2D eigenvalue weighted by Crippen LogP contribution is 2.18. The first-order chi connectivity index (χ1) is 9.18. The minimum atomic E-state index is 0.0857. The second kappa shape index (κ2) is 6.71. The Labute approximate surface area is 115 Å². The molecule has 0 spiro atoms. The molecule has 1 aromatic carbocycles. The smallest absolute Gasteiger partial charge is 0.251 e. The molecule has 3 heteroatoms. The van der Waals surface area contributed by atoms with Crippen molar-refractivity contribution < 1.29 is 4.79 Å². The summed E-state index contributed by atoms with van der Waals surface area (Å²) in [6.45, 7) is 7.04. The highest BCUT2D eigenvalue weighted by Gasteiger charge is 2.16. The third-order valence-corrected chi connectivity index (χ3v) is 3.63. The Hall–Kier alpha value is -1.35. The van der Waals surface area contributed by atoms with Crippen LogP contribution in [0, 0.1) is 5.92 Å². The predicted octanol–water partition coefficient (Wildman–Crippen LogP) is 2.50. The standard InChI is InChI=1S/C16H24N2O/c1-12(2)5-4-9-18-16(19)15-7-3-6-13-11-17-10-8-14(13)15/h3,6-7,12,17H,4-5,8-11H2,1-2H3,(H,18,19). The van der Waals surface area contributed by atoms with E-state index in [1.165, 1.54) is 11.1 Å². The van der Waals surface area contributed by atoms with E-state index >= 15 is 0 Å². The number of hydrogen-bond donors (Lipinski definition) is 2. The lowest BCUT2D eigenvalue weighted by atomic mass is 9.95. The van der Waals surface area contributed by atoms with E-state index in [4.69, 9.17) is 0 Å². The van der Waals surface area contributed by atoms with Crippen LogP contribution >= 0.6 is 0 Å². The van der Waals surface area contributed by atoms with Gasteiger partial charge in [-0.05, 0) is 48.9 Å². The molecule has 0 saturated carbocycles. The fourth-order valence-corrected chi connectivity index (χ4v) is 2.55. The van der Waals surface area contributed by atoms with Gasteiger partial charge in [-0.1, -0.05) is 26.0 Å². The van der Waals surface area contributed by atoms with Crippen molar-refractivity contribution in [2.45, 2.75) is 39.7 Å². The summed E-state index contributed by atoms with van der Waals surface area (Å²) in [7, 11) is 0. The monoisotopic (exact) mass is 260 g/mol. The zero-order chi connectivity index (χ0) is 13.7. The lowest BCUT2D eigenvalue weighted by Crippen LogP contribution is -2.30. The normalized spacial score (nSPS) is 14.3. The van der Waals surface area contributed by atoms with Gasteiger partial charge in [0.05, 0.1) is 0 Å². The molecule has 0 aromatic heterocycles. The van der Waals surface area contributed by atoms with Crippen molar-refractivity contribution in [2.75, 3.05) is 13.1 Å². The SMILES string of the molecule is CC(C)CCCNC(=O)c1cccc2c1CCNC2. The second-order valence-electron chi connectivity index (χ2n) is 5.66. The van der Waals surface area contributed by atoms with Crippen LogP contribution in [0.3, 0.4) is 0 Å². The molecule has 2 rings (SSSR count). The van der Waals surface area contributed by atoms with Crippen LogP contribution in [0.15, 0.2) is 18.2 Å². The summed E-state index contributed by atoms with van der Waals surface area (Å²) < 4.78 is 0. The molecule has 104 valence electrons. The molecule has 3 nitrogen and oxygen atoms in total. The summed E-state index contributed by atoms with van der Waals surface area (Å²) in [6.07, 6.45) is 3.17. The largest absolute Gasteiger partial charge is 0.352 e. The average Bonchev–Trinajstić information content (AvgIpc) is 2.42. The number of hydrogen-bond acceptors (Lipinski definition) is 2. The van der Waals surface area contributed by atoms with Crippen molar-refractivity contribution >= 4 is 5.91 Å². The molecule has 1 amide bonds. The van der Waals surface area contributed by atoms with Gasteiger partial charge in [0.15, 0.2) is 0 Å².